The molecule has 0 fully saturated rings. The summed E-state index contributed by atoms with van der Waals surface area (Å²) in [6, 6.07) is 13.0. The van der Waals surface area contributed by atoms with Crippen LogP contribution in [-0.2, 0) is 25.4 Å². The molecule has 0 atom stereocenters. The molecular formula is C22H20N6O3. The predicted octanol–water partition coefficient (Wildman–Crippen LogP) is 1.64. The Labute approximate surface area is 176 Å². The highest BCUT2D eigenvalue weighted by atomic mass is 16.2. The van der Waals surface area contributed by atoms with Crippen molar-refractivity contribution in [3.63, 3.8) is 0 Å². The topological polar surface area (TPSA) is 104 Å². The average molecular weight is 416 g/mol. The number of amides is 1. The highest BCUT2D eigenvalue weighted by molar-refractivity contribution is 5.91. The normalized spacial score (nSPS) is 11.3. The molecule has 1 N–H and O–H groups in total. The summed E-state index contributed by atoms with van der Waals surface area (Å²) in [4.78, 5) is 45.5. The fourth-order valence-corrected chi connectivity index (χ4v) is 3.25. The van der Waals surface area contributed by atoms with Gasteiger partial charge in [-0.2, -0.15) is 0 Å². The number of rotatable bonds is 5. The lowest BCUT2D eigenvalue weighted by Crippen LogP contribution is -2.37. The second kappa shape index (κ2) is 8.23. The summed E-state index contributed by atoms with van der Waals surface area (Å²) >= 11 is 0. The third-order valence-corrected chi connectivity index (χ3v) is 4.84. The van der Waals surface area contributed by atoms with Crippen molar-refractivity contribution in [3.05, 3.63) is 87.1 Å². The molecule has 1 amide bonds. The van der Waals surface area contributed by atoms with Gasteiger partial charge in [0.1, 0.15) is 6.54 Å². The Morgan fingerprint density at radius 3 is 2.65 bits per heavy atom. The zero-order chi connectivity index (χ0) is 22.0. The summed E-state index contributed by atoms with van der Waals surface area (Å²) in [6.07, 6.45) is 6.91. The first-order chi connectivity index (χ1) is 14.9. The van der Waals surface area contributed by atoms with Gasteiger partial charge in [0.25, 0.3) is 5.56 Å². The number of imidazole rings is 1. The Morgan fingerprint density at radius 2 is 1.87 bits per heavy atom. The van der Waals surface area contributed by atoms with E-state index in [1.165, 1.54) is 29.6 Å². The first-order valence-corrected chi connectivity index (χ1v) is 9.54. The summed E-state index contributed by atoms with van der Waals surface area (Å²) in [5.41, 5.74) is 1.83. The molecule has 4 rings (SSSR count). The zero-order valence-electron chi connectivity index (χ0n) is 17.0. The number of nitrogens with zero attached hydrogens (tertiary/aromatic N) is 5. The van der Waals surface area contributed by atoms with Gasteiger partial charge < -0.3 is 9.88 Å². The fourth-order valence-electron chi connectivity index (χ4n) is 3.25. The third kappa shape index (κ3) is 4.06. The number of benzene rings is 1. The largest absolute Gasteiger partial charge is 0.332 e. The maximum absolute atomic E-state index is 12.6. The summed E-state index contributed by atoms with van der Waals surface area (Å²) in [5, 5.41) is 2.83. The van der Waals surface area contributed by atoms with Gasteiger partial charge in [-0.15, -0.1) is 0 Å². The van der Waals surface area contributed by atoms with Crippen LogP contribution in [0.5, 0.6) is 0 Å². The van der Waals surface area contributed by atoms with Gasteiger partial charge in [-0.3, -0.25) is 23.7 Å². The van der Waals surface area contributed by atoms with E-state index in [1.807, 2.05) is 48.6 Å². The van der Waals surface area contributed by atoms with Gasteiger partial charge in [-0.25, -0.2) is 9.78 Å². The Kier molecular flexibility index (Phi) is 5.31. The van der Waals surface area contributed by atoms with E-state index in [4.69, 9.17) is 0 Å². The summed E-state index contributed by atoms with van der Waals surface area (Å²) in [6.45, 7) is -0.113. The maximum atomic E-state index is 12.6. The Bertz CT molecular complexity index is 1410. The van der Waals surface area contributed by atoms with Crippen molar-refractivity contribution >= 4 is 34.9 Å². The van der Waals surface area contributed by atoms with Crippen LogP contribution < -0.4 is 16.6 Å². The minimum Gasteiger partial charge on any atom is -0.325 e. The van der Waals surface area contributed by atoms with Gasteiger partial charge in [0, 0.05) is 26.0 Å². The molecule has 9 heteroatoms. The fraction of sp³-hybridized carbons (Fsp3) is 0.136. The van der Waals surface area contributed by atoms with Crippen molar-refractivity contribution in [2.75, 3.05) is 5.32 Å². The highest BCUT2D eigenvalue weighted by Crippen LogP contribution is 2.14. The van der Waals surface area contributed by atoms with Gasteiger partial charge in [-0.1, -0.05) is 24.3 Å². The number of fused-ring (bicyclic) bond motifs is 1. The SMILES string of the molecule is Cn1c(=O)c2c(ncn2CC(=O)Nc2cccc(/C=C/c3ccccn3)c2)n(C)c1=O. The molecule has 0 bridgehead atoms. The molecule has 0 aliphatic rings. The van der Waals surface area contributed by atoms with Crippen LogP contribution >= 0.6 is 0 Å². The summed E-state index contributed by atoms with van der Waals surface area (Å²) in [7, 11) is 2.93. The molecule has 0 aliphatic carbocycles. The van der Waals surface area contributed by atoms with Crippen molar-refractivity contribution < 1.29 is 4.79 Å². The summed E-state index contributed by atoms with van der Waals surface area (Å²) in [5.74, 6) is -0.318. The van der Waals surface area contributed by atoms with Crippen molar-refractivity contribution in [1.82, 2.24) is 23.7 Å². The number of nitrogens with one attached hydrogen (secondary N) is 1. The van der Waals surface area contributed by atoms with Crippen LogP contribution in [0.15, 0.2) is 64.6 Å². The van der Waals surface area contributed by atoms with E-state index in [2.05, 4.69) is 15.3 Å². The number of aryl methyl sites for hydroxylation is 1. The van der Waals surface area contributed by atoms with Crippen LogP contribution in [0.1, 0.15) is 11.3 Å². The van der Waals surface area contributed by atoms with Crippen LogP contribution in [0.4, 0.5) is 5.69 Å². The van der Waals surface area contributed by atoms with Gasteiger partial charge in [-0.05, 0) is 35.9 Å². The Morgan fingerprint density at radius 1 is 1.03 bits per heavy atom. The maximum Gasteiger partial charge on any atom is 0.332 e. The van der Waals surface area contributed by atoms with Crippen LogP contribution in [0.25, 0.3) is 23.3 Å². The lowest BCUT2D eigenvalue weighted by Gasteiger charge is -2.08. The molecule has 0 spiro atoms. The number of aromatic nitrogens is 5. The van der Waals surface area contributed by atoms with Crippen LogP contribution in [-0.4, -0.2) is 29.6 Å². The number of carbonyl (C=O) groups excluding carboxylic acids is 1. The third-order valence-electron chi connectivity index (χ3n) is 4.84. The number of hydrogen-bond acceptors (Lipinski definition) is 5. The quantitative estimate of drug-likeness (QED) is 0.533. The highest BCUT2D eigenvalue weighted by Gasteiger charge is 2.16. The molecule has 4 aromatic rings. The van der Waals surface area contributed by atoms with Crippen LogP contribution in [0.2, 0.25) is 0 Å². The zero-order valence-corrected chi connectivity index (χ0v) is 17.0. The van der Waals surface area contributed by atoms with Gasteiger partial charge in [0.15, 0.2) is 11.2 Å². The average Bonchev–Trinajstić information content (AvgIpc) is 3.19. The molecule has 1 aromatic carbocycles. The van der Waals surface area contributed by atoms with E-state index in [-0.39, 0.29) is 23.6 Å². The first kappa shape index (κ1) is 20.0. The van der Waals surface area contributed by atoms with Crippen LogP contribution in [0, 0.1) is 0 Å². The van der Waals surface area contributed by atoms with Gasteiger partial charge >= 0.3 is 5.69 Å². The van der Waals surface area contributed by atoms with E-state index >= 15 is 0 Å². The summed E-state index contributed by atoms with van der Waals surface area (Å²) < 4.78 is 3.72. The van der Waals surface area contributed by atoms with E-state index < -0.39 is 11.2 Å². The number of pyridine rings is 1. The van der Waals surface area contributed by atoms with Gasteiger partial charge in [0.05, 0.1) is 12.0 Å². The van der Waals surface area contributed by atoms with E-state index in [9.17, 15) is 14.4 Å². The van der Waals surface area contributed by atoms with E-state index in [0.29, 0.717) is 5.69 Å². The molecule has 0 radical (unpaired) electrons. The monoisotopic (exact) mass is 416 g/mol. The Balaban J connectivity index is 1.53. The smallest absolute Gasteiger partial charge is 0.325 e. The lowest BCUT2D eigenvalue weighted by molar-refractivity contribution is -0.116. The molecule has 0 saturated carbocycles. The minimum absolute atomic E-state index is 0.113. The Hall–Kier alpha value is -4.27. The minimum atomic E-state index is -0.495. The second-order valence-electron chi connectivity index (χ2n) is 7.01. The van der Waals surface area contributed by atoms with Crippen molar-refractivity contribution in [3.8, 4) is 0 Å². The van der Waals surface area contributed by atoms with Crippen molar-refractivity contribution in [2.24, 2.45) is 14.1 Å². The standard InChI is InChI=1S/C22H20N6O3/c1-26-20-19(21(30)27(2)22(26)31)28(14-24-20)13-18(29)25-17-8-5-6-15(12-17)9-10-16-7-3-4-11-23-16/h3-12,14H,13H2,1-2H3,(H,25,29)/b10-9+. The number of anilines is 1. The van der Waals surface area contributed by atoms with Crippen molar-refractivity contribution in [2.45, 2.75) is 6.54 Å². The molecule has 9 nitrogen and oxygen atoms in total. The first-order valence-electron chi connectivity index (χ1n) is 9.54. The number of carbonyl (C=O) groups is 1. The van der Waals surface area contributed by atoms with Gasteiger partial charge in [0.2, 0.25) is 5.91 Å². The molecule has 0 saturated heterocycles. The molecule has 156 valence electrons. The van der Waals surface area contributed by atoms with E-state index in [1.54, 1.807) is 12.3 Å². The van der Waals surface area contributed by atoms with Crippen LogP contribution in [0.3, 0.4) is 0 Å². The predicted molar refractivity (Wildman–Crippen MR) is 118 cm³/mol. The lowest BCUT2D eigenvalue weighted by atomic mass is 10.1. The van der Waals surface area contributed by atoms with E-state index in [0.717, 1.165) is 15.8 Å². The van der Waals surface area contributed by atoms with Crippen molar-refractivity contribution in [1.29, 1.82) is 0 Å². The molecule has 3 heterocycles. The second-order valence-corrected chi connectivity index (χ2v) is 7.01. The molecule has 3 aromatic heterocycles. The molecular weight excluding hydrogens is 396 g/mol. The molecule has 0 aliphatic heterocycles. The number of hydrogen-bond donors (Lipinski definition) is 1. The molecule has 0 unspecified atom stereocenters. The molecule has 31 heavy (non-hydrogen) atoms.